The molecular weight excluding hydrogens is 327 g/mol. The van der Waals surface area contributed by atoms with Crippen molar-refractivity contribution in [3.05, 3.63) is 21.3 Å². The normalized spacial score (nSPS) is 16.4. The van der Waals surface area contributed by atoms with Crippen molar-refractivity contribution in [1.29, 1.82) is 0 Å². The van der Waals surface area contributed by atoms with Gasteiger partial charge in [-0.05, 0) is 30.3 Å². The first-order chi connectivity index (χ1) is 5.60. The van der Waals surface area contributed by atoms with Crippen LogP contribution in [0.2, 0.25) is 0 Å². The molecule has 0 nitrogen and oxygen atoms in total. The highest BCUT2D eigenvalue weighted by atomic mass is 127. The Morgan fingerprint density at radius 1 is 1.42 bits per heavy atom. The number of hydrogen-bond donors (Lipinski definition) is 0. The third-order valence-corrected chi connectivity index (χ3v) is 3.56. The van der Waals surface area contributed by atoms with E-state index in [2.05, 4.69) is 69.5 Å². The van der Waals surface area contributed by atoms with Gasteiger partial charge in [-0.3, -0.25) is 0 Å². The number of hydrogen-bond acceptors (Lipinski definition) is 0. The van der Waals surface area contributed by atoms with Gasteiger partial charge < -0.3 is 0 Å². The molecule has 0 aromatic carbocycles. The lowest BCUT2D eigenvalue weighted by atomic mass is 10.0. The second kappa shape index (κ2) is 7.13. The fourth-order valence-electron chi connectivity index (χ4n) is 1.14. The van der Waals surface area contributed by atoms with Crippen molar-refractivity contribution in [2.24, 2.45) is 5.92 Å². The van der Waals surface area contributed by atoms with Crippen molar-refractivity contribution in [1.82, 2.24) is 0 Å². The minimum Gasteiger partial charge on any atom is -0.0880 e. The lowest BCUT2D eigenvalue weighted by Crippen LogP contribution is -1.92. The largest absolute Gasteiger partial charge is 0.0880 e. The van der Waals surface area contributed by atoms with E-state index < -0.39 is 0 Å². The van der Waals surface area contributed by atoms with Crippen LogP contribution < -0.4 is 0 Å². The number of alkyl halides is 1. The van der Waals surface area contributed by atoms with Crippen molar-refractivity contribution in [2.45, 2.75) is 27.2 Å². The molecule has 0 saturated carbocycles. The Balaban J connectivity index is 3.97. The van der Waals surface area contributed by atoms with E-state index in [1.54, 1.807) is 0 Å². The molecular formula is C10H16BrI. The van der Waals surface area contributed by atoms with Gasteiger partial charge in [0, 0.05) is 5.33 Å². The van der Waals surface area contributed by atoms with Crippen LogP contribution in [0.15, 0.2) is 21.3 Å². The van der Waals surface area contributed by atoms with Gasteiger partial charge >= 0.3 is 0 Å². The Morgan fingerprint density at radius 2 is 2.00 bits per heavy atom. The fraction of sp³-hybridized carbons (Fsp3) is 0.600. The predicted octanol–water partition coefficient (Wildman–Crippen LogP) is 4.69. The van der Waals surface area contributed by atoms with Crippen LogP contribution in [0.3, 0.4) is 0 Å². The summed E-state index contributed by atoms with van der Waals surface area (Å²) in [5, 5.41) is 0.990. The molecule has 0 heterocycles. The second-order valence-electron chi connectivity index (χ2n) is 3.28. The molecule has 2 heteroatoms. The third kappa shape index (κ3) is 6.23. The topological polar surface area (TPSA) is 0 Å². The summed E-state index contributed by atoms with van der Waals surface area (Å²) in [6.45, 7) is 6.60. The monoisotopic (exact) mass is 342 g/mol. The van der Waals surface area contributed by atoms with Crippen LogP contribution in [0.4, 0.5) is 0 Å². The zero-order chi connectivity index (χ0) is 9.56. The van der Waals surface area contributed by atoms with Gasteiger partial charge in [0.15, 0.2) is 0 Å². The lowest BCUT2D eigenvalue weighted by Gasteiger charge is -2.06. The van der Waals surface area contributed by atoms with Crippen LogP contribution in [-0.2, 0) is 0 Å². The molecule has 1 atom stereocenters. The van der Waals surface area contributed by atoms with Crippen LogP contribution in [0, 0.1) is 5.92 Å². The fourth-order valence-corrected chi connectivity index (χ4v) is 1.58. The number of rotatable bonds is 4. The molecule has 12 heavy (non-hydrogen) atoms. The van der Waals surface area contributed by atoms with Gasteiger partial charge in [-0.15, -0.1) is 0 Å². The van der Waals surface area contributed by atoms with E-state index in [9.17, 15) is 0 Å². The maximum Gasteiger partial charge on any atom is 0.0239 e. The molecule has 0 unspecified atom stereocenters. The summed E-state index contributed by atoms with van der Waals surface area (Å²) in [6.07, 6.45) is 3.51. The van der Waals surface area contributed by atoms with E-state index in [-0.39, 0.29) is 0 Å². The van der Waals surface area contributed by atoms with Crippen molar-refractivity contribution in [3.8, 4) is 0 Å². The molecule has 0 aromatic heterocycles. The highest BCUT2D eigenvalue weighted by molar-refractivity contribution is 14.1. The standard InChI is InChI=1S/C10H16BrI/c1-8(4-9(2)6-11)5-10(3)7-12/h4,7-8H,5-6H2,1-3H3/t8-/m0/s1. The summed E-state index contributed by atoms with van der Waals surface area (Å²) in [5.74, 6) is 0.661. The van der Waals surface area contributed by atoms with Gasteiger partial charge in [0.1, 0.15) is 0 Å². The molecule has 0 fully saturated rings. The smallest absolute Gasteiger partial charge is 0.0239 e. The quantitative estimate of drug-likeness (QED) is 0.395. The van der Waals surface area contributed by atoms with E-state index in [0.717, 1.165) is 5.33 Å². The maximum absolute atomic E-state index is 3.44. The van der Waals surface area contributed by atoms with E-state index in [0.29, 0.717) is 5.92 Å². The van der Waals surface area contributed by atoms with Crippen molar-refractivity contribution < 1.29 is 0 Å². The SMILES string of the molecule is CC(=C[C@H](C)CC(C)=CI)CBr. The Kier molecular flexibility index (Phi) is 7.54. The Hall–Kier alpha value is 0.690. The Labute approximate surface area is 97.8 Å². The maximum atomic E-state index is 3.44. The molecule has 0 spiro atoms. The van der Waals surface area contributed by atoms with Crippen LogP contribution >= 0.6 is 38.5 Å². The summed E-state index contributed by atoms with van der Waals surface area (Å²) >= 11 is 5.74. The van der Waals surface area contributed by atoms with Crippen molar-refractivity contribution in [3.63, 3.8) is 0 Å². The van der Waals surface area contributed by atoms with Gasteiger partial charge in [-0.25, -0.2) is 0 Å². The molecule has 0 N–H and O–H groups in total. The highest BCUT2D eigenvalue weighted by Crippen LogP contribution is 2.15. The van der Waals surface area contributed by atoms with Gasteiger partial charge in [0.2, 0.25) is 0 Å². The molecule has 0 aliphatic rings. The van der Waals surface area contributed by atoms with Crippen molar-refractivity contribution >= 4 is 38.5 Å². The van der Waals surface area contributed by atoms with Gasteiger partial charge in [0.25, 0.3) is 0 Å². The van der Waals surface area contributed by atoms with Crippen LogP contribution in [0.25, 0.3) is 0 Å². The molecule has 0 bridgehead atoms. The first-order valence-corrected chi connectivity index (χ1v) is 6.46. The number of allylic oxidation sites excluding steroid dienone is 3. The number of halogens is 2. The first-order valence-electron chi connectivity index (χ1n) is 4.09. The zero-order valence-electron chi connectivity index (χ0n) is 7.90. The van der Waals surface area contributed by atoms with E-state index in [4.69, 9.17) is 0 Å². The lowest BCUT2D eigenvalue weighted by molar-refractivity contribution is 0.712. The third-order valence-electron chi connectivity index (χ3n) is 1.61. The van der Waals surface area contributed by atoms with Crippen LogP contribution in [-0.4, -0.2) is 5.33 Å². The molecule has 0 aliphatic carbocycles. The zero-order valence-corrected chi connectivity index (χ0v) is 11.6. The summed E-state index contributed by atoms with van der Waals surface area (Å²) in [5.41, 5.74) is 2.88. The average Bonchev–Trinajstić information content (AvgIpc) is 2.03. The molecule has 70 valence electrons. The van der Waals surface area contributed by atoms with Gasteiger partial charge in [0.05, 0.1) is 0 Å². The minimum absolute atomic E-state index is 0.661. The second-order valence-corrected chi connectivity index (χ2v) is 4.47. The predicted molar refractivity (Wildman–Crippen MR) is 69.1 cm³/mol. The van der Waals surface area contributed by atoms with E-state index >= 15 is 0 Å². The Morgan fingerprint density at radius 3 is 2.42 bits per heavy atom. The van der Waals surface area contributed by atoms with Crippen LogP contribution in [0.5, 0.6) is 0 Å². The molecule has 0 radical (unpaired) electrons. The molecule has 0 saturated heterocycles. The summed E-state index contributed by atoms with van der Waals surface area (Å²) in [7, 11) is 0. The molecule has 0 amide bonds. The summed E-state index contributed by atoms with van der Waals surface area (Å²) < 4.78 is 2.16. The molecule has 0 rings (SSSR count). The van der Waals surface area contributed by atoms with Gasteiger partial charge in [-0.2, -0.15) is 0 Å². The first kappa shape index (κ1) is 12.7. The Bertz CT molecular complexity index is 182. The molecule has 0 aliphatic heterocycles. The summed E-state index contributed by atoms with van der Waals surface area (Å²) in [6, 6.07) is 0. The van der Waals surface area contributed by atoms with Crippen LogP contribution in [0.1, 0.15) is 27.2 Å². The molecule has 0 aromatic rings. The van der Waals surface area contributed by atoms with E-state index in [1.807, 2.05) is 0 Å². The average molecular weight is 343 g/mol. The summed E-state index contributed by atoms with van der Waals surface area (Å²) in [4.78, 5) is 0. The minimum atomic E-state index is 0.661. The van der Waals surface area contributed by atoms with E-state index in [1.165, 1.54) is 17.6 Å². The van der Waals surface area contributed by atoms with Gasteiger partial charge in [-0.1, -0.05) is 62.7 Å². The van der Waals surface area contributed by atoms with Crippen molar-refractivity contribution in [2.75, 3.05) is 5.33 Å². The highest BCUT2D eigenvalue weighted by Gasteiger charge is 1.99.